The number of anilines is 1. The van der Waals surface area contributed by atoms with E-state index in [1.165, 1.54) is 13.8 Å². The van der Waals surface area contributed by atoms with Crippen molar-refractivity contribution in [2.24, 2.45) is 0 Å². The van der Waals surface area contributed by atoms with E-state index in [2.05, 4.69) is 4.90 Å². The molecule has 1 saturated heterocycles. The van der Waals surface area contributed by atoms with Crippen molar-refractivity contribution in [3.8, 4) is 11.5 Å². The summed E-state index contributed by atoms with van der Waals surface area (Å²) in [6.45, 7) is 17.7. The van der Waals surface area contributed by atoms with Gasteiger partial charge in [-0.15, -0.1) is 0 Å². The third-order valence-corrected chi connectivity index (χ3v) is 6.61. The van der Waals surface area contributed by atoms with Crippen LogP contribution in [-0.2, 0) is 15.6 Å². The van der Waals surface area contributed by atoms with Crippen LogP contribution in [0.2, 0.25) is 0 Å². The number of aromatic hydroxyl groups is 1. The lowest BCUT2D eigenvalue weighted by molar-refractivity contribution is -0.152. The van der Waals surface area contributed by atoms with Crippen LogP contribution < -0.4 is 9.64 Å². The maximum atomic E-state index is 13.5. The fraction of sp³-hybridized carbons (Fsp3) is 0.517. The Kier molecular flexibility index (Phi) is 7.36. The zero-order valence-electron chi connectivity index (χ0n) is 22.8. The molecule has 0 unspecified atom stereocenters. The van der Waals surface area contributed by atoms with Crippen LogP contribution in [0.5, 0.6) is 11.5 Å². The monoisotopic (exact) mass is 496 g/mol. The molecule has 2 aromatic carbocycles. The number of hydrogen-bond acceptors (Lipinski definition) is 5. The summed E-state index contributed by atoms with van der Waals surface area (Å²) in [7, 11) is 0. The van der Waals surface area contributed by atoms with E-state index in [0.29, 0.717) is 37.5 Å². The number of nitrogens with zero attached hydrogens (tertiary/aromatic N) is 2. The van der Waals surface area contributed by atoms with E-state index in [1.54, 1.807) is 6.07 Å². The van der Waals surface area contributed by atoms with Gasteiger partial charge in [0.2, 0.25) is 0 Å². The number of carboxylic acid groups (broad SMARTS) is 1. The van der Waals surface area contributed by atoms with Gasteiger partial charge in [0.15, 0.2) is 5.60 Å². The maximum Gasteiger partial charge on any atom is 0.347 e. The summed E-state index contributed by atoms with van der Waals surface area (Å²) < 4.78 is 5.69. The number of piperazine rings is 1. The Morgan fingerprint density at radius 3 is 1.83 bits per heavy atom. The molecule has 7 heteroatoms. The highest BCUT2D eigenvalue weighted by Gasteiger charge is 2.31. The first-order valence-corrected chi connectivity index (χ1v) is 12.5. The van der Waals surface area contributed by atoms with Crippen LogP contribution in [0.1, 0.15) is 76.9 Å². The molecule has 0 saturated carbocycles. The lowest BCUT2D eigenvalue weighted by Gasteiger charge is -2.37. The summed E-state index contributed by atoms with van der Waals surface area (Å²) >= 11 is 0. The number of carbonyl (C=O) groups is 2. The fourth-order valence-corrected chi connectivity index (χ4v) is 4.33. The molecular weight excluding hydrogens is 456 g/mol. The lowest BCUT2D eigenvalue weighted by Crippen LogP contribution is -2.49. The summed E-state index contributed by atoms with van der Waals surface area (Å²) in [5.74, 6) is -0.305. The second kappa shape index (κ2) is 9.68. The van der Waals surface area contributed by atoms with E-state index in [9.17, 15) is 19.8 Å². The number of aliphatic carboxylic acids is 1. The van der Waals surface area contributed by atoms with E-state index in [1.807, 2.05) is 76.8 Å². The Labute approximate surface area is 214 Å². The number of carbonyl (C=O) groups excluding carboxylic acids is 1. The van der Waals surface area contributed by atoms with Crippen molar-refractivity contribution in [1.29, 1.82) is 0 Å². The molecule has 0 aromatic heterocycles. The van der Waals surface area contributed by atoms with Gasteiger partial charge < -0.3 is 24.7 Å². The minimum absolute atomic E-state index is 0.0362. The molecule has 0 radical (unpaired) electrons. The van der Waals surface area contributed by atoms with Gasteiger partial charge in [-0.25, -0.2) is 4.79 Å². The smallest absolute Gasteiger partial charge is 0.347 e. The van der Waals surface area contributed by atoms with Crippen LogP contribution in [0.4, 0.5) is 5.69 Å². The Hall–Kier alpha value is -3.22. The average Bonchev–Trinajstić information content (AvgIpc) is 2.77. The lowest BCUT2D eigenvalue weighted by atomic mass is 9.78. The Bertz CT molecular complexity index is 1100. The number of hydrogen-bond donors (Lipinski definition) is 2. The second-order valence-electron chi connectivity index (χ2n) is 12.1. The van der Waals surface area contributed by atoms with Gasteiger partial charge in [0.05, 0.1) is 0 Å². The molecule has 0 atom stereocenters. The quantitative estimate of drug-likeness (QED) is 0.592. The van der Waals surface area contributed by atoms with Gasteiger partial charge in [0, 0.05) is 54.6 Å². The fourth-order valence-electron chi connectivity index (χ4n) is 4.33. The average molecular weight is 497 g/mol. The van der Waals surface area contributed by atoms with Crippen LogP contribution in [0.25, 0.3) is 0 Å². The van der Waals surface area contributed by atoms with E-state index < -0.39 is 11.6 Å². The number of carboxylic acids is 1. The van der Waals surface area contributed by atoms with Crippen molar-refractivity contribution < 1.29 is 24.5 Å². The Balaban J connectivity index is 1.78. The molecule has 2 N–H and O–H groups in total. The van der Waals surface area contributed by atoms with E-state index in [0.717, 1.165) is 16.8 Å². The first kappa shape index (κ1) is 27.4. The summed E-state index contributed by atoms with van der Waals surface area (Å²) in [4.78, 5) is 29.0. The van der Waals surface area contributed by atoms with Crippen molar-refractivity contribution in [3.63, 3.8) is 0 Å². The highest BCUT2D eigenvalue weighted by molar-refractivity contribution is 5.95. The predicted octanol–water partition coefficient (Wildman–Crippen LogP) is 5.19. The van der Waals surface area contributed by atoms with Crippen molar-refractivity contribution in [2.45, 2.75) is 71.8 Å². The van der Waals surface area contributed by atoms with Gasteiger partial charge in [-0.2, -0.15) is 0 Å². The van der Waals surface area contributed by atoms with Gasteiger partial charge in [-0.3, -0.25) is 4.79 Å². The van der Waals surface area contributed by atoms with E-state index in [-0.39, 0.29) is 22.5 Å². The molecule has 1 aliphatic rings. The van der Waals surface area contributed by atoms with Crippen LogP contribution in [0, 0.1) is 0 Å². The Morgan fingerprint density at radius 1 is 0.833 bits per heavy atom. The van der Waals surface area contributed by atoms with Gasteiger partial charge in [-0.1, -0.05) is 47.6 Å². The first-order valence-electron chi connectivity index (χ1n) is 12.5. The van der Waals surface area contributed by atoms with Crippen LogP contribution in [0.15, 0.2) is 36.4 Å². The van der Waals surface area contributed by atoms with Crippen LogP contribution in [-0.4, -0.2) is 58.8 Å². The van der Waals surface area contributed by atoms with E-state index in [4.69, 9.17) is 4.74 Å². The maximum absolute atomic E-state index is 13.5. The third-order valence-electron chi connectivity index (χ3n) is 6.61. The van der Waals surface area contributed by atoms with Crippen LogP contribution >= 0.6 is 0 Å². The molecule has 196 valence electrons. The topological polar surface area (TPSA) is 90.3 Å². The largest absolute Gasteiger partial charge is 0.507 e. The number of amides is 1. The molecule has 1 amide bonds. The van der Waals surface area contributed by atoms with Crippen molar-refractivity contribution in [1.82, 2.24) is 4.90 Å². The SMILES string of the molecule is CC(C)(Oc1cccc(N2CCN(C(=O)c3cc(C(C)(C)C)c(O)c(C(C)(C)C)c3)CC2)c1)C(=O)O. The molecular formula is C29H40N2O5. The molecule has 0 aliphatic carbocycles. The highest BCUT2D eigenvalue weighted by Crippen LogP contribution is 2.40. The van der Waals surface area contributed by atoms with E-state index >= 15 is 0 Å². The van der Waals surface area contributed by atoms with Crippen molar-refractivity contribution in [3.05, 3.63) is 53.1 Å². The van der Waals surface area contributed by atoms with Crippen molar-refractivity contribution in [2.75, 3.05) is 31.1 Å². The van der Waals surface area contributed by atoms with Gasteiger partial charge >= 0.3 is 5.97 Å². The van der Waals surface area contributed by atoms with Gasteiger partial charge in [0.25, 0.3) is 5.91 Å². The number of ether oxygens (including phenoxy) is 1. The van der Waals surface area contributed by atoms with Gasteiger partial charge in [-0.05, 0) is 48.9 Å². The molecule has 1 heterocycles. The number of phenolic OH excluding ortho intramolecular Hbond substituents is 1. The summed E-state index contributed by atoms with van der Waals surface area (Å²) in [6, 6.07) is 11.1. The molecule has 0 spiro atoms. The molecule has 1 fully saturated rings. The second-order valence-corrected chi connectivity index (χ2v) is 12.1. The summed E-state index contributed by atoms with van der Waals surface area (Å²) in [5.41, 5.74) is 1.14. The minimum atomic E-state index is -1.33. The molecule has 0 bridgehead atoms. The van der Waals surface area contributed by atoms with Crippen molar-refractivity contribution >= 4 is 17.6 Å². The Morgan fingerprint density at radius 2 is 1.36 bits per heavy atom. The normalized spacial score (nSPS) is 15.1. The summed E-state index contributed by atoms with van der Waals surface area (Å²) in [6.07, 6.45) is 0. The molecule has 3 rings (SSSR count). The molecule has 1 aliphatic heterocycles. The number of rotatable bonds is 5. The highest BCUT2D eigenvalue weighted by atomic mass is 16.5. The number of benzene rings is 2. The van der Waals surface area contributed by atoms with Gasteiger partial charge in [0.1, 0.15) is 11.5 Å². The third kappa shape index (κ3) is 5.94. The molecule has 7 nitrogen and oxygen atoms in total. The van der Waals surface area contributed by atoms with Crippen LogP contribution in [0.3, 0.4) is 0 Å². The zero-order chi connectivity index (χ0) is 27.1. The minimum Gasteiger partial charge on any atom is -0.507 e. The number of phenols is 1. The first-order chi connectivity index (χ1) is 16.5. The standard InChI is InChI=1S/C29H40N2O5/c1-27(2,3)22-16-19(17-23(24(22)32)28(4,5)6)25(33)31-14-12-30(13-15-31)20-10-9-11-21(18-20)36-29(7,8)26(34)35/h9-11,16-18,32H,12-15H2,1-8H3,(H,34,35). The zero-order valence-corrected chi connectivity index (χ0v) is 22.8. The predicted molar refractivity (Wildman–Crippen MR) is 142 cm³/mol. The molecule has 2 aromatic rings. The summed E-state index contributed by atoms with van der Waals surface area (Å²) in [5, 5.41) is 20.3. The molecule has 36 heavy (non-hydrogen) atoms.